The third-order valence-electron chi connectivity index (χ3n) is 6.41. The summed E-state index contributed by atoms with van der Waals surface area (Å²) >= 11 is 0. The van der Waals surface area contributed by atoms with Crippen molar-refractivity contribution in [2.24, 2.45) is 0 Å². The highest BCUT2D eigenvalue weighted by Gasteiger charge is 2.43. The van der Waals surface area contributed by atoms with Crippen molar-refractivity contribution in [1.82, 2.24) is 15.0 Å². The number of likely N-dealkylation sites (N-methyl/N-ethyl adjacent to an activating group) is 1. The minimum atomic E-state index is -0.543. The number of nitrogens with one attached hydrogen (secondary N) is 2. The third kappa shape index (κ3) is 2.75. The second kappa shape index (κ2) is 6.45. The van der Waals surface area contributed by atoms with E-state index in [4.69, 9.17) is 9.97 Å². The molecule has 7 heteroatoms. The zero-order valence-electron chi connectivity index (χ0n) is 18.3. The van der Waals surface area contributed by atoms with E-state index in [1.165, 1.54) is 12.8 Å². The van der Waals surface area contributed by atoms with E-state index in [1.54, 1.807) is 4.90 Å². The van der Waals surface area contributed by atoms with E-state index in [0.29, 0.717) is 0 Å². The van der Waals surface area contributed by atoms with E-state index in [2.05, 4.69) is 40.3 Å². The van der Waals surface area contributed by atoms with Gasteiger partial charge in [-0.05, 0) is 69.9 Å². The van der Waals surface area contributed by atoms with Gasteiger partial charge < -0.3 is 20.1 Å². The monoisotopic (exact) mass is 404 g/mol. The molecule has 2 N–H and O–H groups in total. The van der Waals surface area contributed by atoms with Crippen LogP contribution in [-0.2, 0) is 10.2 Å². The Bertz CT molecular complexity index is 1170. The molecule has 4 heterocycles. The van der Waals surface area contributed by atoms with Crippen LogP contribution < -0.4 is 15.1 Å². The summed E-state index contributed by atoms with van der Waals surface area (Å²) in [5, 5.41) is 4.51. The van der Waals surface area contributed by atoms with Crippen LogP contribution in [0.2, 0.25) is 0 Å². The number of aromatic amines is 1. The number of carbonyl (C=O) groups is 1. The summed E-state index contributed by atoms with van der Waals surface area (Å²) in [6.45, 7) is 10.1. The summed E-state index contributed by atoms with van der Waals surface area (Å²) in [5.74, 6) is 1.68. The van der Waals surface area contributed by atoms with Gasteiger partial charge in [0.15, 0.2) is 0 Å². The fraction of sp³-hybridized carbons (Fsp3) is 0.435. The Morgan fingerprint density at radius 3 is 2.57 bits per heavy atom. The molecule has 1 saturated heterocycles. The number of hydrogen-bond donors (Lipinski definition) is 2. The molecule has 0 bridgehead atoms. The first-order valence-electron chi connectivity index (χ1n) is 10.6. The van der Waals surface area contributed by atoms with Crippen molar-refractivity contribution in [2.45, 2.75) is 46.0 Å². The number of carbonyl (C=O) groups excluding carboxylic acids is 1. The number of benzene rings is 1. The highest BCUT2D eigenvalue weighted by molar-refractivity contribution is 6.08. The lowest BCUT2D eigenvalue weighted by Gasteiger charge is -2.19. The predicted molar refractivity (Wildman–Crippen MR) is 121 cm³/mol. The molecule has 0 saturated carbocycles. The Balaban J connectivity index is 1.60. The van der Waals surface area contributed by atoms with Crippen molar-refractivity contribution in [2.75, 3.05) is 35.3 Å². The first-order chi connectivity index (χ1) is 14.3. The largest absolute Gasteiger partial charge is 0.343 e. The molecule has 2 aromatic heterocycles. The number of amides is 1. The number of nitrogens with zero attached hydrogens (tertiary/aromatic N) is 4. The molecule has 0 unspecified atom stereocenters. The van der Waals surface area contributed by atoms with Gasteiger partial charge in [0.1, 0.15) is 11.5 Å². The fourth-order valence-corrected chi connectivity index (χ4v) is 4.83. The summed E-state index contributed by atoms with van der Waals surface area (Å²) in [6, 6.07) is 6.26. The summed E-state index contributed by atoms with van der Waals surface area (Å²) in [5.41, 5.74) is 5.44. The summed E-state index contributed by atoms with van der Waals surface area (Å²) in [6.07, 6.45) is 2.35. The van der Waals surface area contributed by atoms with Crippen molar-refractivity contribution in [3.05, 3.63) is 35.0 Å². The molecule has 1 aromatic carbocycles. The molecule has 7 nitrogen and oxygen atoms in total. The number of H-pyrrole nitrogens is 1. The number of aromatic nitrogens is 3. The van der Waals surface area contributed by atoms with Crippen LogP contribution in [0.15, 0.2) is 18.2 Å². The minimum Gasteiger partial charge on any atom is -0.343 e. The van der Waals surface area contributed by atoms with E-state index in [1.807, 2.05) is 27.8 Å². The second-order valence-electron chi connectivity index (χ2n) is 9.08. The molecule has 3 aromatic rings. The summed E-state index contributed by atoms with van der Waals surface area (Å²) in [7, 11) is 1.86. The van der Waals surface area contributed by atoms with Crippen molar-refractivity contribution < 1.29 is 4.79 Å². The van der Waals surface area contributed by atoms with Gasteiger partial charge in [-0.15, -0.1) is 0 Å². The van der Waals surface area contributed by atoms with Crippen LogP contribution in [0.1, 0.15) is 43.5 Å². The normalized spacial score (nSPS) is 17.8. The highest BCUT2D eigenvalue weighted by Crippen LogP contribution is 2.44. The van der Waals surface area contributed by atoms with Gasteiger partial charge >= 0.3 is 0 Å². The van der Waals surface area contributed by atoms with Crippen LogP contribution in [-0.4, -0.2) is 41.0 Å². The van der Waals surface area contributed by atoms with Crippen LogP contribution >= 0.6 is 0 Å². The van der Waals surface area contributed by atoms with E-state index in [-0.39, 0.29) is 5.91 Å². The fourth-order valence-electron chi connectivity index (χ4n) is 4.83. The lowest BCUT2D eigenvalue weighted by atomic mass is 9.85. The van der Waals surface area contributed by atoms with Gasteiger partial charge in [0.05, 0.1) is 16.5 Å². The molecule has 0 spiro atoms. The Kier molecular flexibility index (Phi) is 4.07. The first-order valence-corrected chi connectivity index (χ1v) is 10.6. The number of rotatable bonds is 3. The van der Waals surface area contributed by atoms with Crippen LogP contribution in [0.25, 0.3) is 11.0 Å². The number of fused-ring (bicyclic) bond motifs is 2. The topological polar surface area (TPSA) is 77.2 Å². The molecule has 1 fully saturated rings. The first kappa shape index (κ1) is 18.9. The average molecular weight is 405 g/mol. The standard InChI is InChI=1S/C23H28N6O/c1-13-10-15(12-17-18(13)28(5)21(30)23(17,3)4)25-20-16-11-14(2)24-19(16)26-22(27-20)29-8-6-7-9-29/h10-12H,6-9H2,1-5H3,(H2,24,25,26,27). The predicted octanol–water partition coefficient (Wildman–Crippen LogP) is 4.17. The maximum absolute atomic E-state index is 12.8. The molecule has 5 rings (SSSR count). The summed E-state index contributed by atoms with van der Waals surface area (Å²) in [4.78, 5) is 29.8. The molecule has 2 aliphatic heterocycles. The van der Waals surface area contributed by atoms with Gasteiger partial charge in [0.25, 0.3) is 0 Å². The number of anilines is 4. The van der Waals surface area contributed by atoms with E-state index < -0.39 is 5.41 Å². The van der Waals surface area contributed by atoms with Gasteiger partial charge in [0, 0.05) is 31.5 Å². The maximum atomic E-state index is 12.8. The zero-order valence-corrected chi connectivity index (χ0v) is 18.3. The Morgan fingerprint density at radius 1 is 1.10 bits per heavy atom. The molecule has 0 radical (unpaired) electrons. The average Bonchev–Trinajstić information content (AvgIpc) is 3.38. The molecular formula is C23H28N6O. The molecule has 30 heavy (non-hydrogen) atoms. The van der Waals surface area contributed by atoms with Crippen molar-refractivity contribution >= 4 is 40.1 Å². The second-order valence-corrected chi connectivity index (χ2v) is 9.08. The van der Waals surface area contributed by atoms with E-state index in [9.17, 15) is 4.79 Å². The molecular weight excluding hydrogens is 376 g/mol. The molecule has 0 aliphatic carbocycles. The Hall–Kier alpha value is -3.09. The van der Waals surface area contributed by atoms with Gasteiger partial charge in [-0.3, -0.25) is 4.79 Å². The smallest absolute Gasteiger partial charge is 0.236 e. The highest BCUT2D eigenvalue weighted by atomic mass is 16.2. The van der Waals surface area contributed by atoms with E-state index >= 15 is 0 Å². The van der Waals surface area contributed by atoms with Crippen LogP contribution in [0.5, 0.6) is 0 Å². The third-order valence-corrected chi connectivity index (χ3v) is 6.41. The van der Waals surface area contributed by atoms with Crippen molar-refractivity contribution in [1.29, 1.82) is 0 Å². The van der Waals surface area contributed by atoms with E-state index in [0.717, 1.165) is 64.1 Å². The Labute approximate surface area is 176 Å². The van der Waals surface area contributed by atoms with Gasteiger partial charge in [-0.25, -0.2) is 0 Å². The van der Waals surface area contributed by atoms with Crippen LogP contribution in [0.4, 0.5) is 23.1 Å². The number of aryl methyl sites for hydroxylation is 2. The molecule has 156 valence electrons. The van der Waals surface area contributed by atoms with Gasteiger partial charge in [-0.1, -0.05) is 0 Å². The Morgan fingerprint density at radius 2 is 1.83 bits per heavy atom. The van der Waals surface area contributed by atoms with Gasteiger partial charge in [-0.2, -0.15) is 9.97 Å². The SMILES string of the molecule is Cc1cc2c(Nc3cc(C)c4c(c3)C(C)(C)C(=O)N4C)nc(N3CCCC3)nc2[nH]1. The molecule has 1 amide bonds. The van der Waals surface area contributed by atoms with Gasteiger partial charge in [0.2, 0.25) is 11.9 Å². The quantitative estimate of drug-likeness (QED) is 0.685. The van der Waals surface area contributed by atoms with Crippen LogP contribution in [0.3, 0.4) is 0 Å². The maximum Gasteiger partial charge on any atom is 0.236 e. The lowest BCUT2D eigenvalue weighted by molar-refractivity contribution is -0.121. The zero-order chi connectivity index (χ0) is 21.2. The van der Waals surface area contributed by atoms with Crippen molar-refractivity contribution in [3.8, 4) is 0 Å². The lowest BCUT2D eigenvalue weighted by Crippen LogP contribution is -2.33. The molecule has 2 aliphatic rings. The van der Waals surface area contributed by atoms with Crippen LogP contribution in [0, 0.1) is 13.8 Å². The number of hydrogen-bond acceptors (Lipinski definition) is 5. The molecule has 0 atom stereocenters. The summed E-state index contributed by atoms with van der Waals surface area (Å²) < 4.78 is 0. The van der Waals surface area contributed by atoms with Crippen molar-refractivity contribution in [3.63, 3.8) is 0 Å². The minimum absolute atomic E-state index is 0.125.